The number of hydrogen-bond acceptors (Lipinski definition) is 1. The van der Waals surface area contributed by atoms with Gasteiger partial charge >= 0.3 is 0 Å². The van der Waals surface area contributed by atoms with Crippen LogP contribution in [-0.2, 0) is 12.5 Å². The third kappa shape index (κ3) is 1.74. The maximum atomic E-state index is 6.14. The number of pyridine rings is 1. The van der Waals surface area contributed by atoms with Crippen LogP contribution in [0.5, 0.6) is 0 Å². The smallest absolute Gasteiger partial charge is 0.141 e. The molecule has 2 aromatic heterocycles. The molecule has 0 saturated carbocycles. The lowest BCUT2D eigenvalue weighted by atomic mass is 9.88. The summed E-state index contributed by atoms with van der Waals surface area (Å²) >= 11 is 6.14. The van der Waals surface area contributed by atoms with Crippen LogP contribution < -0.4 is 0 Å². The summed E-state index contributed by atoms with van der Waals surface area (Å²) in [4.78, 5) is 4.45. The van der Waals surface area contributed by atoms with Gasteiger partial charge in [-0.3, -0.25) is 0 Å². The van der Waals surface area contributed by atoms with Crippen molar-refractivity contribution in [2.75, 3.05) is 0 Å². The first-order valence-electron chi connectivity index (χ1n) is 5.00. The van der Waals surface area contributed by atoms with Crippen LogP contribution in [0.3, 0.4) is 0 Å². The molecule has 2 heterocycles. The maximum Gasteiger partial charge on any atom is 0.141 e. The molecule has 2 nitrogen and oxygen atoms in total. The highest BCUT2D eigenvalue weighted by molar-refractivity contribution is 6.35. The number of fused-ring (bicyclic) bond motifs is 1. The van der Waals surface area contributed by atoms with E-state index in [2.05, 4.69) is 31.8 Å². The number of nitrogens with zero attached hydrogens (tertiary/aromatic N) is 2. The molecule has 15 heavy (non-hydrogen) atoms. The first kappa shape index (κ1) is 10.5. The second-order valence-corrected chi connectivity index (χ2v) is 5.34. The van der Waals surface area contributed by atoms with Crippen molar-refractivity contribution >= 4 is 22.6 Å². The second kappa shape index (κ2) is 3.24. The van der Waals surface area contributed by atoms with Crippen molar-refractivity contribution in [2.24, 2.45) is 7.05 Å². The summed E-state index contributed by atoms with van der Waals surface area (Å²) in [6.45, 7) is 6.52. The van der Waals surface area contributed by atoms with Gasteiger partial charge in [0.25, 0.3) is 0 Å². The molecule has 0 aromatic carbocycles. The molecule has 0 fully saturated rings. The van der Waals surface area contributed by atoms with Gasteiger partial charge in [-0.1, -0.05) is 32.4 Å². The van der Waals surface area contributed by atoms with E-state index in [0.717, 1.165) is 16.1 Å². The zero-order valence-electron chi connectivity index (χ0n) is 9.50. The van der Waals surface area contributed by atoms with E-state index in [4.69, 9.17) is 11.6 Å². The Morgan fingerprint density at radius 3 is 2.60 bits per heavy atom. The predicted octanol–water partition coefficient (Wildman–Crippen LogP) is 3.52. The van der Waals surface area contributed by atoms with Crippen molar-refractivity contribution in [3.63, 3.8) is 0 Å². The third-order valence-electron chi connectivity index (χ3n) is 2.63. The molecular formula is C12H15ClN2. The quantitative estimate of drug-likeness (QED) is 0.667. The Balaban J connectivity index is 2.71. The van der Waals surface area contributed by atoms with Gasteiger partial charge in [0.1, 0.15) is 5.65 Å². The Labute approximate surface area is 94.9 Å². The standard InChI is InChI=1S/C12H15ClN2/c1-12(2,3)8-5-9-10(13)7-15(4)11(9)14-6-8/h5-7H,1-4H3. The molecule has 0 saturated heterocycles. The van der Waals surface area contributed by atoms with E-state index in [1.165, 1.54) is 5.56 Å². The van der Waals surface area contributed by atoms with Gasteiger partial charge in [0, 0.05) is 24.8 Å². The predicted molar refractivity (Wildman–Crippen MR) is 64.4 cm³/mol. The zero-order valence-corrected chi connectivity index (χ0v) is 10.3. The topological polar surface area (TPSA) is 17.8 Å². The van der Waals surface area contributed by atoms with Gasteiger partial charge in [0.2, 0.25) is 0 Å². The van der Waals surface area contributed by atoms with Crippen molar-refractivity contribution in [2.45, 2.75) is 26.2 Å². The van der Waals surface area contributed by atoms with Crippen LogP contribution in [0.2, 0.25) is 5.02 Å². The molecule has 2 aromatic rings. The van der Waals surface area contributed by atoms with Gasteiger partial charge in [0.05, 0.1) is 5.02 Å². The summed E-state index contributed by atoms with van der Waals surface area (Å²) in [5, 5.41) is 1.80. The first-order chi connectivity index (χ1) is 6.89. The molecule has 0 unspecified atom stereocenters. The minimum absolute atomic E-state index is 0.111. The lowest BCUT2D eigenvalue weighted by molar-refractivity contribution is 0.588. The molecule has 0 radical (unpaired) electrons. The van der Waals surface area contributed by atoms with Crippen LogP contribution in [0.15, 0.2) is 18.5 Å². The van der Waals surface area contributed by atoms with Gasteiger partial charge in [-0.2, -0.15) is 0 Å². The lowest BCUT2D eigenvalue weighted by Gasteiger charge is -2.18. The van der Waals surface area contributed by atoms with E-state index in [1.54, 1.807) is 0 Å². The lowest BCUT2D eigenvalue weighted by Crippen LogP contribution is -2.11. The maximum absolute atomic E-state index is 6.14. The summed E-state index contributed by atoms with van der Waals surface area (Å²) in [5.41, 5.74) is 2.26. The second-order valence-electron chi connectivity index (χ2n) is 4.93. The highest BCUT2D eigenvalue weighted by Crippen LogP contribution is 2.29. The van der Waals surface area contributed by atoms with E-state index in [9.17, 15) is 0 Å². The van der Waals surface area contributed by atoms with Crippen molar-refractivity contribution in [3.8, 4) is 0 Å². The molecular weight excluding hydrogens is 208 g/mol. The largest absolute Gasteiger partial charge is 0.334 e. The van der Waals surface area contributed by atoms with Crippen molar-refractivity contribution in [1.29, 1.82) is 0 Å². The molecule has 0 aliphatic rings. The van der Waals surface area contributed by atoms with Crippen molar-refractivity contribution in [1.82, 2.24) is 9.55 Å². The molecule has 0 bridgehead atoms. The van der Waals surface area contributed by atoms with E-state index in [0.29, 0.717) is 0 Å². The van der Waals surface area contributed by atoms with Gasteiger partial charge in [-0.05, 0) is 17.0 Å². The molecule has 0 aliphatic carbocycles. The van der Waals surface area contributed by atoms with Crippen LogP contribution in [0.1, 0.15) is 26.3 Å². The van der Waals surface area contributed by atoms with E-state index in [-0.39, 0.29) is 5.41 Å². The van der Waals surface area contributed by atoms with Gasteiger partial charge in [-0.15, -0.1) is 0 Å². The molecule has 0 N–H and O–H groups in total. The van der Waals surface area contributed by atoms with Gasteiger partial charge < -0.3 is 4.57 Å². The van der Waals surface area contributed by atoms with Crippen LogP contribution in [0.4, 0.5) is 0 Å². The summed E-state index contributed by atoms with van der Waals surface area (Å²) in [6, 6.07) is 2.13. The summed E-state index contributed by atoms with van der Waals surface area (Å²) in [5.74, 6) is 0. The minimum atomic E-state index is 0.111. The fourth-order valence-corrected chi connectivity index (χ4v) is 1.91. The Morgan fingerprint density at radius 1 is 1.33 bits per heavy atom. The van der Waals surface area contributed by atoms with Crippen LogP contribution in [-0.4, -0.2) is 9.55 Å². The number of hydrogen-bond donors (Lipinski definition) is 0. The molecule has 3 heteroatoms. The molecule has 0 aliphatic heterocycles. The molecule has 2 rings (SSSR count). The number of aryl methyl sites for hydroxylation is 1. The van der Waals surface area contributed by atoms with Crippen LogP contribution >= 0.6 is 11.6 Å². The third-order valence-corrected chi connectivity index (χ3v) is 2.93. The Kier molecular flexibility index (Phi) is 2.27. The average Bonchev–Trinajstić information content (AvgIpc) is 2.41. The number of aromatic nitrogens is 2. The highest BCUT2D eigenvalue weighted by atomic mass is 35.5. The van der Waals surface area contributed by atoms with Crippen molar-refractivity contribution in [3.05, 3.63) is 29.0 Å². The molecule has 0 spiro atoms. The van der Waals surface area contributed by atoms with Crippen LogP contribution in [0.25, 0.3) is 11.0 Å². The van der Waals surface area contributed by atoms with E-state index in [1.807, 2.05) is 24.0 Å². The fourth-order valence-electron chi connectivity index (χ4n) is 1.63. The monoisotopic (exact) mass is 222 g/mol. The number of rotatable bonds is 0. The SMILES string of the molecule is Cn1cc(Cl)c2cc(C(C)(C)C)cnc21. The summed E-state index contributed by atoms with van der Waals surface area (Å²) in [6.07, 6.45) is 3.82. The Hall–Kier alpha value is -1.02. The fraction of sp³-hybridized carbons (Fsp3) is 0.417. The molecule has 0 amide bonds. The zero-order chi connectivity index (χ0) is 11.2. The first-order valence-corrected chi connectivity index (χ1v) is 5.38. The number of halogens is 1. The normalized spacial score (nSPS) is 12.3. The molecule has 0 atom stereocenters. The Morgan fingerprint density at radius 2 is 2.00 bits per heavy atom. The van der Waals surface area contributed by atoms with E-state index < -0.39 is 0 Å². The van der Waals surface area contributed by atoms with Crippen LogP contribution in [0, 0.1) is 0 Å². The highest BCUT2D eigenvalue weighted by Gasteiger charge is 2.16. The summed E-state index contributed by atoms with van der Waals surface area (Å²) in [7, 11) is 1.96. The molecule has 80 valence electrons. The summed E-state index contributed by atoms with van der Waals surface area (Å²) < 4.78 is 1.95. The van der Waals surface area contributed by atoms with Gasteiger partial charge in [0.15, 0.2) is 0 Å². The average molecular weight is 223 g/mol. The van der Waals surface area contributed by atoms with E-state index >= 15 is 0 Å². The van der Waals surface area contributed by atoms with Gasteiger partial charge in [-0.25, -0.2) is 4.98 Å². The van der Waals surface area contributed by atoms with Crippen molar-refractivity contribution < 1.29 is 0 Å². The minimum Gasteiger partial charge on any atom is -0.334 e. The Bertz CT molecular complexity index is 506.